The standard InChI is InChI=1S/C17H20O3S/c1-2-19-16-10-6-7-14(13-18)17(16)20-11-12-21-15-8-4-3-5-9-15/h3-10,18H,2,11-13H2,1H3. The van der Waals surface area contributed by atoms with Crippen LogP contribution < -0.4 is 9.47 Å². The zero-order chi connectivity index (χ0) is 14.9. The molecule has 2 aromatic rings. The van der Waals surface area contributed by atoms with Gasteiger partial charge in [-0.2, -0.15) is 0 Å². The van der Waals surface area contributed by atoms with Crippen molar-refractivity contribution in [3.05, 3.63) is 54.1 Å². The van der Waals surface area contributed by atoms with Crippen LogP contribution in [0.2, 0.25) is 0 Å². The first-order chi connectivity index (χ1) is 10.3. The van der Waals surface area contributed by atoms with E-state index in [2.05, 4.69) is 12.1 Å². The molecule has 1 N–H and O–H groups in total. The fourth-order valence-corrected chi connectivity index (χ4v) is 2.69. The normalized spacial score (nSPS) is 10.4. The highest BCUT2D eigenvalue weighted by Gasteiger charge is 2.10. The third-order valence-corrected chi connectivity index (χ3v) is 3.85. The van der Waals surface area contributed by atoms with E-state index >= 15 is 0 Å². The summed E-state index contributed by atoms with van der Waals surface area (Å²) in [5.74, 6) is 2.18. The summed E-state index contributed by atoms with van der Waals surface area (Å²) in [4.78, 5) is 1.22. The molecule has 0 fully saturated rings. The summed E-state index contributed by atoms with van der Waals surface area (Å²) < 4.78 is 11.4. The van der Waals surface area contributed by atoms with E-state index in [-0.39, 0.29) is 6.61 Å². The Balaban J connectivity index is 1.92. The van der Waals surface area contributed by atoms with Crippen LogP contribution >= 0.6 is 11.8 Å². The van der Waals surface area contributed by atoms with E-state index in [9.17, 15) is 5.11 Å². The molecule has 0 atom stereocenters. The first-order valence-corrected chi connectivity index (χ1v) is 8.00. The minimum atomic E-state index is -0.0535. The quantitative estimate of drug-likeness (QED) is 0.595. The Morgan fingerprint density at radius 2 is 1.81 bits per heavy atom. The lowest BCUT2D eigenvalue weighted by molar-refractivity contribution is 0.255. The van der Waals surface area contributed by atoms with Crippen molar-refractivity contribution in [1.29, 1.82) is 0 Å². The van der Waals surface area contributed by atoms with Gasteiger partial charge in [0.2, 0.25) is 0 Å². The summed E-state index contributed by atoms with van der Waals surface area (Å²) in [7, 11) is 0. The van der Waals surface area contributed by atoms with Gasteiger partial charge in [-0.25, -0.2) is 0 Å². The number of para-hydroxylation sites is 1. The first-order valence-electron chi connectivity index (χ1n) is 7.01. The Bertz CT molecular complexity index is 543. The summed E-state index contributed by atoms with van der Waals surface area (Å²) >= 11 is 1.74. The molecule has 0 unspecified atom stereocenters. The Kier molecular flexibility index (Phi) is 6.44. The van der Waals surface area contributed by atoms with Crippen molar-refractivity contribution in [3.8, 4) is 11.5 Å². The Morgan fingerprint density at radius 3 is 2.52 bits per heavy atom. The molecule has 2 aromatic carbocycles. The molecule has 0 aliphatic carbocycles. The fourth-order valence-electron chi connectivity index (χ4n) is 1.94. The van der Waals surface area contributed by atoms with Gasteiger partial charge in [-0.1, -0.05) is 30.3 Å². The van der Waals surface area contributed by atoms with Gasteiger partial charge in [0.1, 0.15) is 0 Å². The molecular weight excluding hydrogens is 284 g/mol. The molecule has 2 rings (SSSR count). The van der Waals surface area contributed by atoms with E-state index in [1.807, 2.05) is 43.3 Å². The van der Waals surface area contributed by atoms with Crippen LogP contribution in [-0.4, -0.2) is 24.1 Å². The van der Waals surface area contributed by atoms with Crippen LogP contribution in [0.5, 0.6) is 11.5 Å². The molecule has 0 saturated heterocycles. The van der Waals surface area contributed by atoms with Crippen LogP contribution in [-0.2, 0) is 6.61 Å². The molecule has 4 heteroatoms. The third-order valence-electron chi connectivity index (χ3n) is 2.87. The summed E-state index contributed by atoms with van der Waals surface area (Å²) in [5.41, 5.74) is 0.755. The number of thioether (sulfide) groups is 1. The summed E-state index contributed by atoms with van der Waals surface area (Å²) in [6.45, 7) is 3.02. The van der Waals surface area contributed by atoms with Gasteiger partial charge >= 0.3 is 0 Å². The number of benzene rings is 2. The molecule has 0 amide bonds. The summed E-state index contributed by atoms with van der Waals surface area (Å²) in [5, 5.41) is 9.40. The number of ether oxygens (including phenoxy) is 2. The van der Waals surface area contributed by atoms with Gasteiger partial charge in [-0.05, 0) is 25.1 Å². The molecule has 0 saturated carbocycles. The monoisotopic (exact) mass is 304 g/mol. The molecular formula is C17H20O3S. The lowest BCUT2D eigenvalue weighted by atomic mass is 10.2. The van der Waals surface area contributed by atoms with Gasteiger partial charge in [0.05, 0.1) is 19.8 Å². The molecule has 0 aliphatic heterocycles. The Hall–Kier alpha value is -1.65. The van der Waals surface area contributed by atoms with Crippen LogP contribution in [0.1, 0.15) is 12.5 Å². The van der Waals surface area contributed by atoms with E-state index in [0.29, 0.717) is 24.7 Å². The van der Waals surface area contributed by atoms with Crippen LogP contribution in [0.4, 0.5) is 0 Å². The van der Waals surface area contributed by atoms with Gasteiger partial charge in [-0.15, -0.1) is 11.8 Å². The first kappa shape index (κ1) is 15.7. The van der Waals surface area contributed by atoms with Gasteiger partial charge in [-0.3, -0.25) is 0 Å². The van der Waals surface area contributed by atoms with Crippen molar-refractivity contribution in [1.82, 2.24) is 0 Å². The number of rotatable bonds is 8. The Morgan fingerprint density at radius 1 is 1.00 bits per heavy atom. The second-order valence-corrected chi connectivity index (χ2v) is 5.51. The molecule has 0 bridgehead atoms. The molecule has 0 aliphatic rings. The van der Waals surface area contributed by atoms with E-state index in [1.54, 1.807) is 11.8 Å². The molecule has 21 heavy (non-hydrogen) atoms. The molecule has 0 radical (unpaired) electrons. The number of hydrogen-bond acceptors (Lipinski definition) is 4. The van der Waals surface area contributed by atoms with E-state index in [0.717, 1.165) is 11.3 Å². The maximum Gasteiger partial charge on any atom is 0.166 e. The van der Waals surface area contributed by atoms with Gasteiger partial charge in [0.25, 0.3) is 0 Å². The van der Waals surface area contributed by atoms with Crippen LogP contribution in [0, 0.1) is 0 Å². The number of aliphatic hydroxyl groups is 1. The van der Waals surface area contributed by atoms with Crippen LogP contribution in [0.3, 0.4) is 0 Å². The summed E-state index contributed by atoms with van der Waals surface area (Å²) in [6.07, 6.45) is 0. The molecule has 0 heterocycles. The van der Waals surface area contributed by atoms with Crippen molar-refractivity contribution in [2.45, 2.75) is 18.4 Å². The highest BCUT2D eigenvalue weighted by Crippen LogP contribution is 2.31. The predicted molar refractivity (Wildman–Crippen MR) is 86.2 cm³/mol. The van der Waals surface area contributed by atoms with Gasteiger partial charge in [0.15, 0.2) is 11.5 Å². The topological polar surface area (TPSA) is 38.7 Å². The minimum absolute atomic E-state index is 0.0535. The van der Waals surface area contributed by atoms with Crippen LogP contribution in [0.25, 0.3) is 0 Å². The Labute approximate surface area is 129 Å². The smallest absolute Gasteiger partial charge is 0.166 e. The third kappa shape index (κ3) is 4.69. The minimum Gasteiger partial charge on any atom is -0.490 e. The predicted octanol–water partition coefficient (Wildman–Crippen LogP) is 3.75. The second-order valence-electron chi connectivity index (χ2n) is 4.35. The maximum absolute atomic E-state index is 9.40. The molecule has 3 nitrogen and oxygen atoms in total. The van der Waals surface area contributed by atoms with Crippen molar-refractivity contribution in [2.75, 3.05) is 19.0 Å². The van der Waals surface area contributed by atoms with Gasteiger partial charge in [0, 0.05) is 16.2 Å². The average molecular weight is 304 g/mol. The largest absolute Gasteiger partial charge is 0.490 e. The van der Waals surface area contributed by atoms with Crippen molar-refractivity contribution >= 4 is 11.8 Å². The highest BCUT2D eigenvalue weighted by atomic mass is 32.2. The van der Waals surface area contributed by atoms with Crippen molar-refractivity contribution in [3.63, 3.8) is 0 Å². The van der Waals surface area contributed by atoms with E-state index in [1.165, 1.54) is 4.90 Å². The molecule has 0 aromatic heterocycles. The van der Waals surface area contributed by atoms with Crippen molar-refractivity contribution in [2.24, 2.45) is 0 Å². The zero-order valence-electron chi connectivity index (χ0n) is 12.1. The number of hydrogen-bond donors (Lipinski definition) is 1. The van der Waals surface area contributed by atoms with Crippen LogP contribution in [0.15, 0.2) is 53.4 Å². The number of aliphatic hydroxyl groups excluding tert-OH is 1. The lowest BCUT2D eigenvalue weighted by Gasteiger charge is -2.14. The van der Waals surface area contributed by atoms with Crippen molar-refractivity contribution < 1.29 is 14.6 Å². The summed E-state index contributed by atoms with van der Waals surface area (Å²) in [6, 6.07) is 15.8. The highest BCUT2D eigenvalue weighted by molar-refractivity contribution is 7.99. The maximum atomic E-state index is 9.40. The van der Waals surface area contributed by atoms with E-state index in [4.69, 9.17) is 9.47 Å². The van der Waals surface area contributed by atoms with E-state index < -0.39 is 0 Å². The fraction of sp³-hybridized carbons (Fsp3) is 0.294. The lowest BCUT2D eigenvalue weighted by Crippen LogP contribution is -2.05. The average Bonchev–Trinajstić information content (AvgIpc) is 2.53. The molecule has 0 spiro atoms. The zero-order valence-corrected chi connectivity index (χ0v) is 12.9. The second kappa shape index (κ2) is 8.60. The SMILES string of the molecule is CCOc1cccc(CO)c1OCCSc1ccccc1. The van der Waals surface area contributed by atoms with Gasteiger partial charge < -0.3 is 14.6 Å². The molecule has 112 valence electrons.